The van der Waals surface area contributed by atoms with Gasteiger partial charge in [-0.1, -0.05) is 43.5 Å². The van der Waals surface area contributed by atoms with Crippen molar-refractivity contribution < 1.29 is 42.4 Å². The number of nitriles is 1. The Morgan fingerprint density at radius 1 is 1.06 bits per heavy atom. The zero-order valence-corrected chi connectivity index (χ0v) is 30.3. The predicted molar refractivity (Wildman–Crippen MR) is 190 cm³/mol. The number of rotatable bonds is 18. The molecule has 1 aliphatic rings. The molecule has 0 bridgehead atoms. The number of ether oxygens (including phenoxy) is 4. The van der Waals surface area contributed by atoms with E-state index in [0.717, 1.165) is 0 Å². The summed E-state index contributed by atoms with van der Waals surface area (Å²) >= 11 is 0. The van der Waals surface area contributed by atoms with Crippen LogP contribution in [-0.2, 0) is 28.0 Å². The zero-order chi connectivity index (χ0) is 37.6. The van der Waals surface area contributed by atoms with E-state index in [1.165, 1.54) is 29.4 Å². The molecule has 17 nitrogen and oxygen atoms in total. The Bertz CT molecular complexity index is 1710. The predicted octanol–water partition coefficient (Wildman–Crippen LogP) is 5.26. The van der Waals surface area contributed by atoms with Crippen LogP contribution in [0.5, 0.6) is 0 Å². The largest absolute Gasteiger partial charge is 0.509 e. The number of carbonyl (C=O) groups excluding carboxylic acids is 3. The number of imidazole rings is 1. The third kappa shape index (κ3) is 10.3. The normalized spacial score (nSPS) is 18.9. The van der Waals surface area contributed by atoms with E-state index in [-0.39, 0.29) is 61.9 Å². The molecule has 3 heterocycles. The summed E-state index contributed by atoms with van der Waals surface area (Å²) < 4.78 is 38.6. The molecule has 1 unspecified atom stereocenters. The third-order valence-electron chi connectivity index (χ3n) is 7.42. The Balaban J connectivity index is 1.72. The minimum absolute atomic E-state index is 0.00832. The average Bonchev–Trinajstić information content (AvgIpc) is 3.70. The fourth-order valence-electron chi connectivity index (χ4n) is 5.34. The summed E-state index contributed by atoms with van der Waals surface area (Å²) in [4.78, 5) is 52.0. The first-order valence-corrected chi connectivity index (χ1v) is 17.6. The Labute approximate surface area is 302 Å². The summed E-state index contributed by atoms with van der Waals surface area (Å²) in [5, 5.41) is 14.6. The second kappa shape index (κ2) is 19.6. The van der Waals surface area contributed by atoms with E-state index in [1.807, 2.05) is 32.4 Å². The number of aromatic nitrogens is 4. The minimum atomic E-state index is -1.72. The fourth-order valence-corrected chi connectivity index (χ4v) is 6.96. The van der Waals surface area contributed by atoms with E-state index in [4.69, 9.17) is 33.3 Å². The molecule has 52 heavy (non-hydrogen) atoms. The van der Waals surface area contributed by atoms with Crippen LogP contribution in [0.25, 0.3) is 11.2 Å². The molecule has 1 fully saturated rings. The molecule has 4 rings (SSSR count). The Morgan fingerprint density at radius 3 is 2.44 bits per heavy atom. The lowest BCUT2D eigenvalue weighted by Gasteiger charge is -2.36. The first-order chi connectivity index (χ1) is 25.1. The number of carbonyl (C=O) groups is 3. The van der Waals surface area contributed by atoms with E-state index >= 15 is 0 Å². The first-order valence-electron chi connectivity index (χ1n) is 16.5. The number of alkyl carbamates (subject to hydrolysis) is 1. The van der Waals surface area contributed by atoms with Crippen molar-refractivity contribution in [2.75, 3.05) is 31.7 Å². The van der Waals surface area contributed by atoms with Gasteiger partial charge in [0.1, 0.15) is 31.7 Å². The molecule has 0 saturated carbocycles. The van der Waals surface area contributed by atoms with Gasteiger partial charge >= 0.3 is 12.2 Å². The maximum absolute atomic E-state index is 13.0. The van der Waals surface area contributed by atoms with Crippen molar-refractivity contribution in [2.45, 2.75) is 70.7 Å². The lowest BCUT2D eigenvalue weighted by Crippen LogP contribution is -2.49. The van der Waals surface area contributed by atoms with Crippen LogP contribution < -0.4 is 10.6 Å². The van der Waals surface area contributed by atoms with Crippen molar-refractivity contribution >= 4 is 43.7 Å². The molecule has 3 aromatic rings. The van der Waals surface area contributed by atoms with Gasteiger partial charge in [-0.05, 0) is 39.8 Å². The van der Waals surface area contributed by atoms with Crippen LogP contribution in [0.4, 0.5) is 15.4 Å². The molecule has 1 aliphatic heterocycles. The van der Waals surface area contributed by atoms with Crippen LogP contribution in [0.15, 0.2) is 68.3 Å². The maximum Gasteiger partial charge on any atom is 0.509 e. The van der Waals surface area contributed by atoms with Crippen LogP contribution in [0.3, 0.4) is 0 Å². The van der Waals surface area contributed by atoms with Crippen molar-refractivity contribution in [2.24, 2.45) is 0 Å². The summed E-state index contributed by atoms with van der Waals surface area (Å²) in [6.45, 7) is 14.8. The molecular formula is C34H43N8O9P. The van der Waals surface area contributed by atoms with Gasteiger partial charge in [0.05, 0.1) is 32.0 Å². The van der Waals surface area contributed by atoms with Gasteiger partial charge in [-0.2, -0.15) is 5.26 Å². The van der Waals surface area contributed by atoms with Gasteiger partial charge in [-0.25, -0.2) is 29.2 Å². The van der Waals surface area contributed by atoms with E-state index in [0.29, 0.717) is 5.56 Å². The van der Waals surface area contributed by atoms with Crippen LogP contribution in [-0.4, -0.2) is 99.1 Å². The van der Waals surface area contributed by atoms with E-state index in [1.54, 1.807) is 30.3 Å². The summed E-state index contributed by atoms with van der Waals surface area (Å²) in [6.07, 6.45) is 0.329. The minimum Gasteiger partial charge on any atom is -0.445 e. The highest BCUT2D eigenvalue weighted by atomic mass is 31.2. The molecule has 0 aliphatic carbocycles. The molecule has 1 saturated heterocycles. The van der Waals surface area contributed by atoms with Gasteiger partial charge in [0.15, 0.2) is 29.3 Å². The SMILES string of the molecule is C=CCOC(=O)N[C@@H]1[C@H](OC(=O)OCC=C)[C@@H](COP(OCCC#N)N(C(C)C)C(C)C)O[C@H]1n1cnc2c(NC(=O)c3ccccc3)ncnc21. The molecule has 18 heteroatoms. The molecule has 2 aromatic heterocycles. The maximum atomic E-state index is 13.0. The Hall–Kier alpha value is -4.98. The number of amides is 2. The highest BCUT2D eigenvalue weighted by molar-refractivity contribution is 7.44. The number of benzene rings is 1. The van der Waals surface area contributed by atoms with Gasteiger partial charge < -0.3 is 38.6 Å². The molecular weight excluding hydrogens is 695 g/mol. The van der Waals surface area contributed by atoms with Crippen molar-refractivity contribution in [3.63, 3.8) is 0 Å². The molecule has 278 valence electrons. The lowest BCUT2D eigenvalue weighted by molar-refractivity contribution is -0.0522. The monoisotopic (exact) mass is 738 g/mol. The second-order valence-electron chi connectivity index (χ2n) is 11.8. The topological polar surface area (TPSA) is 201 Å². The molecule has 2 N–H and O–H groups in total. The smallest absolute Gasteiger partial charge is 0.445 e. The number of hydrogen-bond donors (Lipinski definition) is 2. The van der Waals surface area contributed by atoms with Gasteiger partial charge in [0.25, 0.3) is 14.4 Å². The summed E-state index contributed by atoms with van der Waals surface area (Å²) in [5.41, 5.74) is 0.869. The van der Waals surface area contributed by atoms with E-state index in [2.05, 4.69) is 44.8 Å². The van der Waals surface area contributed by atoms with Gasteiger partial charge in [-0.15, -0.1) is 0 Å². The molecule has 0 spiro atoms. The van der Waals surface area contributed by atoms with E-state index in [9.17, 15) is 14.4 Å². The summed E-state index contributed by atoms with van der Waals surface area (Å²) in [5.74, 6) is -0.278. The quantitative estimate of drug-likeness (QED) is 0.0741. The number of nitrogens with one attached hydrogen (secondary N) is 2. The van der Waals surface area contributed by atoms with Gasteiger partial charge in [0, 0.05) is 17.6 Å². The number of anilines is 1. The molecule has 5 atom stereocenters. The highest BCUT2D eigenvalue weighted by Gasteiger charge is 2.50. The third-order valence-corrected chi connectivity index (χ3v) is 9.50. The number of nitrogens with zero attached hydrogens (tertiary/aromatic N) is 6. The zero-order valence-electron chi connectivity index (χ0n) is 29.4. The van der Waals surface area contributed by atoms with Crippen LogP contribution in [0, 0.1) is 11.3 Å². The van der Waals surface area contributed by atoms with Crippen LogP contribution in [0.2, 0.25) is 0 Å². The molecule has 2 amide bonds. The van der Waals surface area contributed by atoms with Crippen molar-refractivity contribution in [3.8, 4) is 6.07 Å². The first kappa shape index (κ1) is 39.8. The Kier molecular flexibility index (Phi) is 15.0. The fraction of sp³-hybridized carbons (Fsp3) is 0.441. The van der Waals surface area contributed by atoms with Gasteiger partial charge in [-0.3, -0.25) is 9.36 Å². The van der Waals surface area contributed by atoms with Gasteiger partial charge in [0.2, 0.25) is 0 Å². The Morgan fingerprint density at radius 2 is 1.77 bits per heavy atom. The van der Waals surface area contributed by atoms with Crippen molar-refractivity contribution in [1.82, 2.24) is 29.5 Å². The van der Waals surface area contributed by atoms with Crippen LogP contribution in [0.1, 0.15) is 50.7 Å². The van der Waals surface area contributed by atoms with Crippen LogP contribution >= 0.6 is 8.53 Å². The van der Waals surface area contributed by atoms with E-state index < -0.39 is 51.2 Å². The molecule has 1 aromatic carbocycles. The van der Waals surface area contributed by atoms with Crippen molar-refractivity contribution in [1.29, 1.82) is 5.26 Å². The number of hydrogen-bond acceptors (Lipinski definition) is 14. The average molecular weight is 739 g/mol. The van der Waals surface area contributed by atoms with Crippen molar-refractivity contribution in [3.05, 3.63) is 73.9 Å². The summed E-state index contributed by atoms with van der Waals surface area (Å²) in [7, 11) is -1.72. The lowest BCUT2D eigenvalue weighted by atomic mass is 10.1. The highest BCUT2D eigenvalue weighted by Crippen LogP contribution is 2.47. The molecule has 0 radical (unpaired) electrons. The standard InChI is InChI=1S/C34H43N8O9P/c1-7-16-46-33(44)39-26-28(51-34(45)47-17-8-2)25(19-49-52(48-18-12-15-35)42(22(3)4)23(5)6)50-32(26)41-21-38-27-29(36-20-37-30(27)41)40-31(43)24-13-10-9-11-14-24/h7-11,13-14,20-23,25-26,28,32H,1-2,12,16-19H2,3-6H3,(H,39,44)(H,36,37,40,43)/t25-,26-,28-,32-,52?/m1/s1. The second-order valence-corrected chi connectivity index (χ2v) is 13.2. The summed E-state index contributed by atoms with van der Waals surface area (Å²) in [6, 6.07) is 9.55. The number of fused-ring (bicyclic) bond motifs is 1.